The van der Waals surface area contributed by atoms with Gasteiger partial charge in [-0.3, -0.25) is 0 Å². The maximum atomic E-state index is 10.3. The van der Waals surface area contributed by atoms with Gasteiger partial charge in [0.2, 0.25) is 5.60 Å². The average Bonchev–Trinajstić information content (AvgIpc) is 2.49. The van der Waals surface area contributed by atoms with E-state index in [9.17, 15) is 4.79 Å². The quantitative estimate of drug-likeness (QED) is 0.438. The highest BCUT2D eigenvalue weighted by Gasteiger charge is 2.54. The molecule has 1 aliphatic rings. The third-order valence-electron chi connectivity index (χ3n) is 1.33. The van der Waals surface area contributed by atoms with Gasteiger partial charge in [-0.1, -0.05) is 0 Å². The molecule has 0 saturated heterocycles. The Labute approximate surface area is 52.1 Å². The zero-order chi connectivity index (χ0) is 6.91. The molecule has 0 aromatic rings. The van der Waals surface area contributed by atoms with Gasteiger partial charge in [-0.25, -0.2) is 4.79 Å². The summed E-state index contributed by atoms with van der Waals surface area (Å²) in [4.78, 5) is 14.8. The first-order chi connectivity index (χ1) is 4.21. The summed E-state index contributed by atoms with van der Waals surface area (Å²) in [6.07, 6.45) is 1.09. The fourth-order valence-corrected chi connectivity index (χ4v) is 0.581. The van der Waals surface area contributed by atoms with Gasteiger partial charge in [0.05, 0.1) is 0 Å². The highest BCUT2D eigenvalue weighted by atomic mass is 16.7. The van der Waals surface area contributed by atoms with Gasteiger partial charge in [0.25, 0.3) is 0 Å². The van der Waals surface area contributed by atoms with Crippen LogP contribution in [0.2, 0.25) is 0 Å². The molecule has 0 radical (unpaired) electrons. The van der Waals surface area contributed by atoms with Crippen LogP contribution in [-0.4, -0.2) is 23.4 Å². The Hall–Kier alpha value is -1.06. The van der Waals surface area contributed by atoms with E-state index < -0.39 is 11.6 Å². The van der Waals surface area contributed by atoms with Crippen molar-refractivity contribution in [2.75, 3.05) is 0 Å². The van der Waals surface area contributed by atoms with Crippen molar-refractivity contribution >= 4 is 12.7 Å². The van der Waals surface area contributed by atoms with Gasteiger partial charge in [-0.05, 0) is 0 Å². The number of carboxylic acid groups (broad SMARTS) is 1. The maximum absolute atomic E-state index is 10.3. The van der Waals surface area contributed by atoms with Crippen LogP contribution in [0, 0.1) is 0 Å². The summed E-state index contributed by atoms with van der Waals surface area (Å²) in [5, 5.41) is 11.5. The largest absolute Gasteiger partial charge is 0.478 e. The number of carboxylic acids is 1. The van der Waals surface area contributed by atoms with Gasteiger partial charge >= 0.3 is 5.97 Å². The molecule has 0 heterocycles. The predicted octanol–water partition coefficient (Wildman–Crippen LogP) is 0.236. The lowest BCUT2D eigenvalue weighted by Crippen LogP contribution is -2.23. The minimum absolute atomic E-state index is 0.543. The molecule has 0 amide bonds. The summed E-state index contributed by atoms with van der Waals surface area (Å²) < 4.78 is 0. The van der Waals surface area contributed by atoms with Crippen molar-refractivity contribution in [2.24, 2.45) is 5.16 Å². The van der Waals surface area contributed by atoms with Crippen LogP contribution >= 0.6 is 0 Å². The van der Waals surface area contributed by atoms with Crippen LogP contribution < -0.4 is 0 Å². The molecule has 4 nitrogen and oxygen atoms in total. The molecule has 1 N–H and O–H groups in total. The van der Waals surface area contributed by atoms with E-state index in [1.165, 1.54) is 0 Å². The van der Waals surface area contributed by atoms with Crippen molar-refractivity contribution in [2.45, 2.75) is 18.4 Å². The van der Waals surface area contributed by atoms with Gasteiger partial charge < -0.3 is 9.94 Å². The Morgan fingerprint density at radius 2 is 2.33 bits per heavy atom. The molecule has 0 aromatic carbocycles. The molecule has 0 unspecified atom stereocenters. The summed E-state index contributed by atoms with van der Waals surface area (Å²) in [6.45, 7) is 3.03. The molecule has 1 saturated carbocycles. The lowest BCUT2D eigenvalue weighted by atomic mass is 10.4. The van der Waals surface area contributed by atoms with Crippen LogP contribution in [-0.2, 0) is 9.63 Å². The van der Waals surface area contributed by atoms with Gasteiger partial charge in [-0.2, -0.15) is 0 Å². The lowest BCUT2D eigenvalue weighted by Gasteiger charge is -2.04. The third kappa shape index (κ3) is 0.872. The van der Waals surface area contributed by atoms with Crippen LogP contribution in [0.25, 0.3) is 0 Å². The van der Waals surface area contributed by atoms with Crippen LogP contribution in [0.3, 0.4) is 0 Å². The molecule has 0 aliphatic heterocycles. The molecule has 50 valence electrons. The van der Waals surface area contributed by atoms with Crippen molar-refractivity contribution in [1.82, 2.24) is 0 Å². The van der Waals surface area contributed by atoms with E-state index in [4.69, 9.17) is 5.11 Å². The Morgan fingerprint density at radius 1 is 1.78 bits per heavy atom. The first-order valence-electron chi connectivity index (χ1n) is 2.59. The number of hydrogen-bond donors (Lipinski definition) is 1. The highest BCUT2D eigenvalue weighted by Crippen LogP contribution is 2.39. The van der Waals surface area contributed by atoms with Gasteiger partial charge in [0, 0.05) is 19.6 Å². The second kappa shape index (κ2) is 1.72. The van der Waals surface area contributed by atoms with Crippen molar-refractivity contribution < 1.29 is 14.7 Å². The van der Waals surface area contributed by atoms with Crippen LogP contribution in [0.1, 0.15) is 12.8 Å². The minimum atomic E-state index is -1.01. The number of aliphatic carboxylic acids is 1. The second-order valence-corrected chi connectivity index (χ2v) is 2.02. The molecule has 0 atom stereocenters. The van der Waals surface area contributed by atoms with E-state index in [0.717, 1.165) is 0 Å². The Bertz CT molecular complexity index is 150. The summed E-state index contributed by atoms with van der Waals surface area (Å²) in [5.41, 5.74) is -1.01. The average molecular weight is 129 g/mol. The number of carbonyl (C=O) groups is 1. The maximum Gasteiger partial charge on any atom is 0.350 e. The van der Waals surface area contributed by atoms with Crippen molar-refractivity contribution in [3.63, 3.8) is 0 Å². The van der Waals surface area contributed by atoms with Crippen LogP contribution in [0.15, 0.2) is 5.16 Å². The molecule has 0 spiro atoms. The first-order valence-corrected chi connectivity index (χ1v) is 2.59. The zero-order valence-electron chi connectivity index (χ0n) is 4.83. The van der Waals surface area contributed by atoms with Gasteiger partial charge in [-0.15, -0.1) is 5.16 Å². The minimum Gasteiger partial charge on any atom is -0.478 e. The summed E-state index contributed by atoms with van der Waals surface area (Å²) in [7, 11) is 0. The molecular formula is C5H7NO3. The highest BCUT2D eigenvalue weighted by molar-refractivity contribution is 5.80. The van der Waals surface area contributed by atoms with E-state index >= 15 is 0 Å². The van der Waals surface area contributed by atoms with E-state index in [0.29, 0.717) is 12.8 Å². The van der Waals surface area contributed by atoms with E-state index in [1.54, 1.807) is 0 Å². The molecule has 0 aromatic heterocycles. The summed E-state index contributed by atoms with van der Waals surface area (Å²) in [6, 6.07) is 0. The SMILES string of the molecule is C=NOC1(C(=O)O)CC1. The number of nitrogens with zero attached hydrogens (tertiary/aromatic N) is 1. The van der Waals surface area contributed by atoms with E-state index in [2.05, 4.69) is 16.7 Å². The first kappa shape index (κ1) is 6.07. The van der Waals surface area contributed by atoms with E-state index in [1.807, 2.05) is 0 Å². The molecule has 4 heteroatoms. The second-order valence-electron chi connectivity index (χ2n) is 2.02. The Morgan fingerprint density at radius 3 is 2.44 bits per heavy atom. The topological polar surface area (TPSA) is 58.9 Å². The smallest absolute Gasteiger partial charge is 0.350 e. The fourth-order valence-electron chi connectivity index (χ4n) is 0.581. The Kier molecular flexibility index (Phi) is 1.16. The molecule has 1 rings (SSSR count). The van der Waals surface area contributed by atoms with E-state index in [-0.39, 0.29) is 0 Å². The monoisotopic (exact) mass is 129 g/mol. The molecule has 9 heavy (non-hydrogen) atoms. The van der Waals surface area contributed by atoms with Crippen molar-refractivity contribution in [1.29, 1.82) is 0 Å². The summed E-state index contributed by atoms with van der Waals surface area (Å²) in [5.74, 6) is -0.949. The molecule has 1 fully saturated rings. The standard InChI is InChI=1S/C5H7NO3/c1-6-9-5(2-3-5)4(7)8/h1-3H2,(H,7,8). The van der Waals surface area contributed by atoms with Crippen molar-refractivity contribution in [3.8, 4) is 0 Å². The molecular weight excluding hydrogens is 122 g/mol. The lowest BCUT2D eigenvalue weighted by molar-refractivity contribution is -0.153. The summed E-state index contributed by atoms with van der Waals surface area (Å²) >= 11 is 0. The fraction of sp³-hybridized carbons (Fsp3) is 0.600. The van der Waals surface area contributed by atoms with Crippen LogP contribution in [0.4, 0.5) is 0 Å². The van der Waals surface area contributed by atoms with Gasteiger partial charge in [0.15, 0.2) is 0 Å². The number of oxime groups is 1. The normalized spacial score (nSPS) is 20.4. The molecule has 0 bridgehead atoms. The zero-order valence-corrected chi connectivity index (χ0v) is 4.83. The Balaban J connectivity index is 2.52. The van der Waals surface area contributed by atoms with Gasteiger partial charge in [0.1, 0.15) is 0 Å². The predicted molar refractivity (Wildman–Crippen MR) is 30.2 cm³/mol. The number of rotatable bonds is 3. The number of hydrogen-bond acceptors (Lipinski definition) is 3. The third-order valence-corrected chi connectivity index (χ3v) is 1.33. The van der Waals surface area contributed by atoms with Crippen molar-refractivity contribution in [3.05, 3.63) is 0 Å². The van der Waals surface area contributed by atoms with Crippen LogP contribution in [0.5, 0.6) is 0 Å². The molecule has 1 aliphatic carbocycles.